The summed E-state index contributed by atoms with van der Waals surface area (Å²) in [6.07, 6.45) is 5.19. The summed E-state index contributed by atoms with van der Waals surface area (Å²) in [5.41, 5.74) is 15.1. The van der Waals surface area contributed by atoms with Crippen LogP contribution in [0.15, 0.2) is 12.4 Å². The summed E-state index contributed by atoms with van der Waals surface area (Å²) in [6, 6.07) is 0. The number of aromatic nitrogens is 4. The molecule has 25 heavy (non-hydrogen) atoms. The van der Waals surface area contributed by atoms with Crippen LogP contribution in [-0.4, -0.2) is 30.6 Å². The third kappa shape index (κ3) is 2.29. The van der Waals surface area contributed by atoms with Gasteiger partial charge >= 0.3 is 0 Å². The summed E-state index contributed by atoms with van der Waals surface area (Å²) in [4.78, 5) is 20.7. The number of aromatic hydroxyl groups is 1. The Hall–Kier alpha value is -3.16. The van der Waals surface area contributed by atoms with E-state index in [1.165, 1.54) is 6.20 Å². The molecule has 0 bridgehead atoms. The number of pyridine rings is 2. The second kappa shape index (κ2) is 5.17. The van der Waals surface area contributed by atoms with Gasteiger partial charge in [0.2, 0.25) is 0 Å². The van der Waals surface area contributed by atoms with E-state index in [0.29, 0.717) is 39.8 Å². The van der Waals surface area contributed by atoms with Crippen molar-refractivity contribution >= 4 is 17.2 Å². The van der Waals surface area contributed by atoms with E-state index >= 15 is 0 Å². The van der Waals surface area contributed by atoms with Gasteiger partial charge in [-0.2, -0.15) is 5.10 Å². The second-order valence-electron chi connectivity index (χ2n) is 6.44. The van der Waals surface area contributed by atoms with E-state index in [1.807, 2.05) is 6.92 Å². The molecular weight excluding hydrogens is 320 g/mol. The van der Waals surface area contributed by atoms with E-state index in [-0.39, 0.29) is 17.0 Å². The summed E-state index contributed by atoms with van der Waals surface area (Å²) in [7, 11) is 0. The van der Waals surface area contributed by atoms with Gasteiger partial charge in [-0.1, -0.05) is 0 Å². The standard InChI is InChI=1S/C17H18N6O2/c1-7-11(24)5-20-8(2)12(7)10-6-23-17(13(14(10)18)15(19)25)21-16(22-23)9-3-4-9/h5-6,9,24H,3-4,18H2,1-2H3,(H2,19,25). The van der Waals surface area contributed by atoms with Crippen molar-refractivity contribution in [3.8, 4) is 16.9 Å². The van der Waals surface area contributed by atoms with Gasteiger partial charge in [0, 0.05) is 34.5 Å². The number of nitrogens with two attached hydrogens (primary N) is 2. The number of fused-ring (bicyclic) bond motifs is 1. The van der Waals surface area contributed by atoms with Gasteiger partial charge in [-0.3, -0.25) is 9.78 Å². The van der Waals surface area contributed by atoms with Crippen molar-refractivity contribution in [3.63, 3.8) is 0 Å². The number of primary amides is 1. The molecule has 4 rings (SSSR count). The molecule has 0 atom stereocenters. The Morgan fingerprint density at radius 1 is 1.36 bits per heavy atom. The third-order valence-corrected chi connectivity index (χ3v) is 4.64. The predicted octanol–water partition coefficient (Wildman–Crippen LogP) is 1.67. The average molecular weight is 338 g/mol. The smallest absolute Gasteiger partial charge is 0.254 e. The normalized spacial score (nSPS) is 14.2. The van der Waals surface area contributed by atoms with Crippen LogP contribution < -0.4 is 11.5 Å². The van der Waals surface area contributed by atoms with E-state index in [1.54, 1.807) is 17.6 Å². The van der Waals surface area contributed by atoms with Gasteiger partial charge in [0.25, 0.3) is 5.91 Å². The maximum absolute atomic E-state index is 12.0. The Morgan fingerprint density at radius 3 is 2.72 bits per heavy atom. The van der Waals surface area contributed by atoms with Gasteiger partial charge in [-0.25, -0.2) is 9.50 Å². The molecule has 3 aromatic heterocycles. The monoisotopic (exact) mass is 338 g/mol. The predicted molar refractivity (Wildman–Crippen MR) is 92.3 cm³/mol. The van der Waals surface area contributed by atoms with Gasteiger partial charge in [0.1, 0.15) is 11.3 Å². The number of carbonyl (C=O) groups is 1. The highest BCUT2D eigenvalue weighted by atomic mass is 16.3. The molecule has 3 aromatic rings. The number of rotatable bonds is 3. The molecule has 0 saturated heterocycles. The highest BCUT2D eigenvalue weighted by molar-refractivity contribution is 6.07. The van der Waals surface area contributed by atoms with Crippen LogP contribution in [-0.2, 0) is 0 Å². The molecule has 0 aliphatic heterocycles. The maximum Gasteiger partial charge on any atom is 0.254 e. The van der Waals surface area contributed by atoms with E-state index in [2.05, 4.69) is 15.1 Å². The number of nitrogens with zero attached hydrogens (tertiary/aromatic N) is 4. The summed E-state index contributed by atoms with van der Waals surface area (Å²) < 4.78 is 1.54. The summed E-state index contributed by atoms with van der Waals surface area (Å²) in [5.74, 6) is 0.415. The van der Waals surface area contributed by atoms with Crippen LogP contribution in [0, 0.1) is 13.8 Å². The molecule has 1 aliphatic carbocycles. The zero-order valence-electron chi connectivity index (χ0n) is 13.9. The second-order valence-corrected chi connectivity index (χ2v) is 6.44. The quantitative estimate of drug-likeness (QED) is 0.665. The van der Waals surface area contributed by atoms with Crippen molar-refractivity contribution in [2.24, 2.45) is 5.73 Å². The first-order valence-corrected chi connectivity index (χ1v) is 8.02. The lowest BCUT2D eigenvalue weighted by atomic mass is 9.97. The van der Waals surface area contributed by atoms with Gasteiger partial charge < -0.3 is 16.6 Å². The van der Waals surface area contributed by atoms with Crippen LogP contribution in [0.4, 0.5) is 5.69 Å². The van der Waals surface area contributed by atoms with Crippen molar-refractivity contribution in [1.82, 2.24) is 19.6 Å². The molecule has 1 saturated carbocycles. The fourth-order valence-electron chi connectivity index (χ4n) is 3.12. The molecule has 0 radical (unpaired) electrons. The van der Waals surface area contributed by atoms with Crippen molar-refractivity contribution in [2.45, 2.75) is 32.6 Å². The SMILES string of the molecule is Cc1ncc(O)c(C)c1-c1cn2nc(C3CC3)nc2c(C(N)=O)c1N. The number of anilines is 1. The molecule has 0 unspecified atom stereocenters. The van der Waals surface area contributed by atoms with Crippen LogP contribution in [0.3, 0.4) is 0 Å². The Kier molecular flexibility index (Phi) is 3.18. The number of amides is 1. The molecular formula is C17H18N6O2. The number of carbonyl (C=O) groups excluding carboxylic acids is 1. The summed E-state index contributed by atoms with van der Waals surface area (Å²) >= 11 is 0. The minimum absolute atomic E-state index is 0.0537. The van der Waals surface area contributed by atoms with Crippen LogP contribution in [0.1, 0.15) is 46.2 Å². The third-order valence-electron chi connectivity index (χ3n) is 4.64. The zero-order chi connectivity index (χ0) is 17.9. The summed E-state index contributed by atoms with van der Waals surface area (Å²) in [6.45, 7) is 3.58. The molecule has 1 amide bonds. The van der Waals surface area contributed by atoms with Gasteiger partial charge in [-0.15, -0.1) is 0 Å². The molecule has 5 N–H and O–H groups in total. The Labute approximate surface area is 143 Å². The topological polar surface area (TPSA) is 132 Å². The van der Waals surface area contributed by atoms with Crippen molar-refractivity contribution in [1.29, 1.82) is 0 Å². The van der Waals surface area contributed by atoms with E-state index in [4.69, 9.17) is 11.5 Å². The lowest BCUT2D eigenvalue weighted by Gasteiger charge is -2.15. The fourth-order valence-corrected chi connectivity index (χ4v) is 3.12. The molecule has 1 fully saturated rings. The van der Waals surface area contributed by atoms with Gasteiger partial charge in [0.05, 0.1) is 11.9 Å². The lowest BCUT2D eigenvalue weighted by molar-refractivity contribution is 0.100. The van der Waals surface area contributed by atoms with E-state index in [9.17, 15) is 9.90 Å². The highest BCUT2D eigenvalue weighted by Gasteiger charge is 2.30. The molecule has 3 heterocycles. The minimum Gasteiger partial charge on any atom is -0.506 e. The first kappa shape index (κ1) is 15.4. The van der Waals surface area contributed by atoms with Crippen molar-refractivity contribution < 1.29 is 9.90 Å². The Balaban J connectivity index is 2.07. The number of nitrogen functional groups attached to an aromatic ring is 1. The van der Waals surface area contributed by atoms with Crippen LogP contribution >= 0.6 is 0 Å². The van der Waals surface area contributed by atoms with Gasteiger partial charge in [0.15, 0.2) is 11.5 Å². The van der Waals surface area contributed by atoms with Crippen LogP contribution in [0.2, 0.25) is 0 Å². The lowest BCUT2D eigenvalue weighted by Crippen LogP contribution is -2.17. The van der Waals surface area contributed by atoms with Crippen molar-refractivity contribution in [2.75, 3.05) is 5.73 Å². The Morgan fingerprint density at radius 2 is 2.08 bits per heavy atom. The zero-order valence-corrected chi connectivity index (χ0v) is 13.9. The molecule has 8 heteroatoms. The van der Waals surface area contributed by atoms with E-state index in [0.717, 1.165) is 12.8 Å². The molecule has 0 aromatic carbocycles. The van der Waals surface area contributed by atoms with Crippen molar-refractivity contribution in [3.05, 3.63) is 35.0 Å². The number of hydrogen-bond donors (Lipinski definition) is 3. The van der Waals surface area contributed by atoms with Crippen LogP contribution in [0.25, 0.3) is 16.8 Å². The first-order chi connectivity index (χ1) is 11.9. The van der Waals surface area contributed by atoms with E-state index < -0.39 is 5.91 Å². The maximum atomic E-state index is 12.0. The Bertz CT molecular complexity index is 1040. The van der Waals surface area contributed by atoms with Gasteiger partial charge in [-0.05, 0) is 26.7 Å². The number of hydrogen-bond acceptors (Lipinski definition) is 6. The number of aryl methyl sites for hydroxylation is 1. The molecule has 1 aliphatic rings. The molecule has 0 spiro atoms. The average Bonchev–Trinajstić information content (AvgIpc) is 3.32. The minimum atomic E-state index is -0.664. The largest absolute Gasteiger partial charge is 0.506 e. The first-order valence-electron chi connectivity index (χ1n) is 8.02. The summed E-state index contributed by atoms with van der Waals surface area (Å²) in [5, 5.41) is 14.5. The van der Waals surface area contributed by atoms with Crippen LogP contribution in [0.5, 0.6) is 5.75 Å². The molecule has 128 valence electrons. The highest BCUT2D eigenvalue weighted by Crippen LogP contribution is 2.40. The molecule has 8 nitrogen and oxygen atoms in total. The fraction of sp³-hybridized carbons (Fsp3) is 0.294.